The van der Waals surface area contributed by atoms with Crippen LogP contribution in [0.2, 0.25) is 0 Å². The van der Waals surface area contributed by atoms with Gasteiger partial charge in [0.25, 0.3) is 0 Å². The molecule has 0 bridgehead atoms. The molecule has 5 heteroatoms. The first-order valence-electron chi connectivity index (χ1n) is 6.29. The summed E-state index contributed by atoms with van der Waals surface area (Å²) in [5.41, 5.74) is 0. The normalized spacial score (nSPS) is 12.4. The lowest BCUT2D eigenvalue weighted by atomic mass is 10.3. The van der Waals surface area contributed by atoms with Crippen molar-refractivity contribution in [1.82, 2.24) is 4.57 Å². The van der Waals surface area contributed by atoms with E-state index in [-0.39, 0.29) is 0 Å². The summed E-state index contributed by atoms with van der Waals surface area (Å²) < 4.78 is 19.5. The highest BCUT2D eigenvalue weighted by atomic mass is 28.4. The standard InChI is InChI=1S/C11H27NO3Si/c1-6-10-11-12(5)16(13-7-2,14-8-3)15-9-4/h6-11H2,1-5H3. The Kier molecular flexibility index (Phi) is 9.16. The molecular formula is C11H27NO3Si. The lowest BCUT2D eigenvalue weighted by Crippen LogP contribution is -2.59. The van der Waals surface area contributed by atoms with E-state index in [2.05, 4.69) is 11.5 Å². The molecule has 0 rings (SSSR count). The van der Waals surface area contributed by atoms with Crippen LogP contribution in [0.15, 0.2) is 0 Å². The first-order valence-corrected chi connectivity index (χ1v) is 7.97. The molecule has 0 aromatic heterocycles. The minimum Gasteiger partial charge on any atom is -0.361 e. The molecule has 0 atom stereocenters. The predicted octanol–water partition coefficient (Wildman–Crippen LogP) is 2.26. The number of hydrogen-bond acceptors (Lipinski definition) is 4. The average Bonchev–Trinajstić information content (AvgIpc) is 2.26. The molecule has 0 saturated carbocycles. The Bertz CT molecular complexity index is 152. The van der Waals surface area contributed by atoms with E-state index >= 15 is 0 Å². The van der Waals surface area contributed by atoms with E-state index in [1.165, 1.54) is 6.42 Å². The fourth-order valence-corrected chi connectivity index (χ4v) is 3.97. The SMILES string of the molecule is CCCCN(C)[Si](OCC)(OCC)OCC. The summed E-state index contributed by atoms with van der Waals surface area (Å²) in [5.74, 6) is 0. The second-order valence-electron chi connectivity index (χ2n) is 3.60. The molecule has 16 heavy (non-hydrogen) atoms. The molecule has 0 spiro atoms. The molecule has 0 aliphatic heterocycles. The van der Waals surface area contributed by atoms with Gasteiger partial charge in [0, 0.05) is 19.8 Å². The van der Waals surface area contributed by atoms with Crippen molar-refractivity contribution in [3.8, 4) is 0 Å². The molecule has 0 heterocycles. The van der Waals surface area contributed by atoms with Crippen molar-refractivity contribution < 1.29 is 13.3 Å². The van der Waals surface area contributed by atoms with E-state index < -0.39 is 8.97 Å². The summed E-state index contributed by atoms with van der Waals surface area (Å²) in [5, 5.41) is 0. The van der Waals surface area contributed by atoms with Gasteiger partial charge in [-0.15, -0.1) is 0 Å². The molecule has 0 aromatic carbocycles. The highest BCUT2D eigenvalue weighted by Gasteiger charge is 2.46. The fourth-order valence-electron chi connectivity index (χ4n) is 1.53. The predicted molar refractivity (Wildman–Crippen MR) is 68.2 cm³/mol. The quantitative estimate of drug-likeness (QED) is 0.556. The van der Waals surface area contributed by atoms with Crippen molar-refractivity contribution >= 4 is 8.97 Å². The van der Waals surface area contributed by atoms with Crippen LogP contribution in [0.1, 0.15) is 40.5 Å². The first-order chi connectivity index (χ1) is 7.66. The molecule has 0 aliphatic carbocycles. The first kappa shape index (κ1) is 16.1. The second-order valence-corrected chi connectivity index (χ2v) is 6.28. The number of hydrogen-bond donors (Lipinski definition) is 0. The van der Waals surface area contributed by atoms with Gasteiger partial charge in [-0.3, -0.25) is 4.57 Å². The van der Waals surface area contributed by atoms with Gasteiger partial charge in [-0.25, -0.2) is 0 Å². The van der Waals surface area contributed by atoms with E-state index in [0.29, 0.717) is 19.8 Å². The maximum absolute atomic E-state index is 5.79. The molecule has 0 N–H and O–H groups in total. The van der Waals surface area contributed by atoms with Crippen LogP contribution in [0.25, 0.3) is 0 Å². The van der Waals surface area contributed by atoms with Gasteiger partial charge in [-0.05, 0) is 40.8 Å². The highest BCUT2D eigenvalue weighted by Crippen LogP contribution is 2.15. The van der Waals surface area contributed by atoms with Gasteiger partial charge in [0.05, 0.1) is 0 Å². The van der Waals surface area contributed by atoms with Crippen LogP contribution in [0.3, 0.4) is 0 Å². The smallest absolute Gasteiger partial charge is 0.361 e. The Morgan fingerprint density at radius 3 is 1.62 bits per heavy atom. The summed E-state index contributed by atoms with van der Waals surface area (Å²) in [7, 11) is -0.572. The molecule has 0 fully saturated rings. The number of rotatable bonds is 10. The Labute approximate surface area is 101 Å². The third kappa shape index (κ3) is 4.93. The summed E-state index contributed by atoms with van der Waals surface area (Å²) in [4.78, 5) is 0. The van der Waals surface area contributed by atoms with Gasteiger partial charge in [0.2, 0.25) is 0 Å². The molecule has 0 radical (unpaired) electrons. The van der Waals surface area contributed by atoms with E-state index in [4.69, 9.17) is 13.3 Å². The average molecular weight is 249 g/mol. The minimum absolute atomic E-state index is 0.628. The van der Waals surface area contributed by atoms with Gasteiger partial charge in [-0.1, -0.05) is 13.3 Å². The Morgan fingerprint density at radius 1 is 0.875 bits per heavy atom. The fraction of sp³-hybridized carbons (Fsp3) is 1.00. The molecule has 98 valence electrons. The maximum Gasteiger partial charge on any atom is 0.599 e. The van der Waals surface area contributed by atoms with Crippen molar-refractivity contribution in [2.24, 2.45) is 0 Å². The monoisotopic (exact) mass is 249 g/mol. The van der Waals surface area contributed by atoms with Gasteiger partial charge in [-0.2, -0.15) is 0 Å². The van der Waals surface area contributed by atoms with Crippen LogP contribution in [0.4, 0.5) is 0 Å². The Balaban J connectivity index is 4.54. The largest absolute Gasteiger partial charge is 0.599 e. The summed E-state index contributed by atoms with van der Waals surface area (Å²) >= 11 is 0. The topological polar surface area (TPSA) is 30.9 Å². The molecule has 0 aromatic rings. The lowest BCUT2D eigenvalue weighted by Gasteiger charge is -2.35. The van der Waals surface area contributed by atoms with Crippen LogP contribution in [0, 0.1) is 0 Å². The van der Waals surface area contributed by atoms with Crippen molar-refractivity contribution in [1.29, 1.82) is 0 Å². The number of nitrogens with zero attached hydrogens (tertiary/aromatic N) is 1. The zero-order valence-corrected chi connectivity index (χ0v) is 12.4. The number of unbranched alkanes of at least 4 members (excludes halogenated alkanes) is 1. The van der Waals surface area contributed by atoms with E-state index in [1.54, 1.807) is 0 Å². The summed E-state index contributed by atoms with van der Waals surface area (Å²) in [6.07, 6.45) is 2.30. The van der Waals surface area contributed by atoms with Gasteiger partial charge in [0.1, 0.15) is 0 Å². The third-order valence-corrected chi connectivity index (χ3v) is 5.41. The van der Waals surface area contributed by atoms with E-state index in [0.717, 1.165) is 13.0 Å². The van der Waals surface area contributed by atoms with Crippen LogP contribution in [-0.4, -0.2) is 46.9 Å². The zero-order chi connectivity index (χ0) is 12.4. The highest BCUT2D eigenvalue weighted by molar-refractivity contribution is 6.57. The Hall–Kier alpha value is 0.0569. The molecule has 0 unspecified atom stereocenters. The molecular weight excluding hydrogens is 222 g/mol. The lowest BCUT2D eigenvalue weighted by molar-refractivity contribution is 0.0234. The van der Waals surface area contributed by atoms with Gasteiger partial charge >= 0.3 is 8.97 Å². The van der Waals surface area contributed by atoms with Crippen LogP contribution in [0.5, 0.6) is 0 Å². The summed E-state index contributed by atoms with van der Waals surface area (Å²) in [6.45, 7) is 11.0. The third-order valence-electron chi connectivity index (χ3n) is 2.29. The molecule has 0 aliphatic rings. The molecule has 0 saturated heterocycles. The van der Waals surface area contributed by atoms with Crippen LogP contribution in [-0.2, 0) is 13.3 Å². The van der Waals surface area contributed by atoms with Gasteiger partial charge in [0.15, 0.2) is 0 Å². The second kappa shape index (κ2) is 9.12. The van der Waals surface area contributed by atoms with E-state index in [9.17, 15) is 0 Å². The van der Waals surface area contributed by atoms with Crippen molar-refractivity contribution in [3.63, 3.8) is 0 Å². The van der Waals surface area contributed by atoms with Crippen molar-refractivity contribution in [2.75, 3.05) is 33.4 Å². The van der Waals surface area contributed by atoms with Gasteiger partial charge < -0.3 is 13.3 Å². The maximum atomic E-state index is 5.79. The van der Waals surface area contributed by atoms with Crippen molar-refractivity contribution in [2.45, 2.75) is 40.5 Å². The minimum atomic E-state index is -2.60. The van der Waals surface area contributed by atoms with E-state index in [1.807, 2.05) is 27.8 Å². The summed E-state index contributed by atoms with van der Waals surface area (Å²) in [6, 6.07) is 0. The zero-order valence-electron chi connectivity index (χ0n) is 11.4. The Morgan fingerprint density at radius 2 is 1.31 bits per heavy atom. The van der Waals surface area contributed by atoms with Crippen molar-refractivity contribution in [3.05, 3.63) is 0 Å². The molecule has 4 nitrogen and oxygen atoms in total. The van der Waals surface area contributed by atoms with Crippen LogP contribution < -0.4 is 0 Å². The van der Waals surface area contributed by atoms with Crippen LogP contribution >= 0.6 is 0 Å². The molecule has 0 amide bonds.